The number of carbonyl (C=O) groups excluding carboxylic acids is 3. The van der Waals surface area contributed by atoms with E-state index in [-0.39, 0.29) is 17.1 Å². The maximum atomic E-state index is 12.6. The van der Waals surface area contributed by atoms with Crippen LogP contribution in [0.2, 0.25) is 0 Å². The van der Waals surface area contributed by atoms with Crippen molar-refractivity contribution in [2.75, 3.05) is 5.32 Å². The van der Waals surface area contributed by atoms with Gasteiger partial charge in [0.2, 0.25) is 5.78 Å². The van der Waals surface area contributed by atoms with Gasteiger partial charge in [-0.3, -0.25) is 9.59 Å². The van der Waals surface area contributed by atoms with Gasteiger partial charge in [-0.05, 0) is 55.7 Å². The number of ether oxygens (including phenoxy) is 1. The van der Waals surface area contributed by atoms with Crippen LogP contribution in [0.3, 0.4) is 0 Å². The molecule has 0 bridgehead atoms. The molecule has 0 spiro atoms. The van der Waals surface area contributed by atoms with Crippen LogP contribution in [0.4, 0.5) is 5.69 Å². The van der Waals surface area contributed by atoms with Crippen LogP contribution in [-0.2, 0) is 11.2 Å². The number of ketones is 1. The zero-order valence-corrected chi connectivity index (χ0v) is 17.1. The first-order valence-electron chi connectivity index (χ1n) is 9.68. The van der Waals surface area contributed by atoms with Crippen molar-refractivity contribution < 1.29 is 23.5 Å². The smallest absolute Gasteiger partial charge is 0.338 e. The second kappa shape index (κ2) is 9.22. The fourth-order valence-corrected chi connectivity index (χ4v) is 2.90. The lowest BCUT2D eigenvalue weighted by molar-refractivity contribution is 0.0319. The van der Waals surface area contributed by atoms with Crippen molar-refractivity contribution in [1.82, 2.24) is 0 Å². The molecule has 30 heavy (non-hydrogen) atoms. The molecule has 3 aromatic rings. The number of aryl methyl sites for hydroxylation is 2. The van der Waals surface area contributed by atoms with Crippen molar-refractivity contribution in [1.29, 1.82) is 0 Å². The molecule has 1 amide bonds. The number of Topliss-reactive ketones (excluding diaryl/α,β-unsaturated/α-hetero) is 1. The number of carbonyl (C=O) groups is 3. The van der Waals surface area contributed by atoms with Crippen molar-refractivity contribution in [3.63, 3.8) is 0 Å². The average Bonchev–Trinajstić information content (AvgIpc) is 3.29. The van der Waals surface area contributed by atoms with Crippen molar-refractivity contribution in [2.24, 2.45) is 0 Å². The number of anilines is 1. The van der Waals surface area contributed by atoms with Crippen LogP contribution in [0.15, 0.2) is 65.3 Å². The monoisotopic (exact) mass is 405 g/mol. The molecule has 1 heterocycles. The van der Waals surface area contributed by atoms with Gasteiger partial charge in [0.25, 0.3) is 5.91 Å². The number of hydrogen-bond donors (Lipinski definition) is 1. The molecule has 0 aliphatic rings. The van der Waals surface area contributed by atoms with Crippen LogP contribution in [0.1, 0.15) is 56.2 Å². The number of rotatable bonds is 7. The van der Waals surface area contributed by atoms with E-state index in [0.717, 1.165) is 17.5 Å². The highest BCUT2D eigenvalue weighted by atomic mass is 16.5. The Bertz CT molecular complexity index is 1050. The second-order valence-electron chi connectivity index (χ2n) is 6.92. The molecule has 0 aliphatic heterocycles. The Kier molecular flexibility index (Phi) is 6.47. The van der Waals surface area contributed by atoms with Gasteiger partial charge in [0.1, 0.15) is 0 Å². The molecular weight excluding hydrogens is 382 g/mol. The highest BCUT2D eigenvalue weighted by Gasteiger charge is 2.21. The van der Waals surface area contributed by atoms with Crippen molar-refractivity contribution in [2.45, 2.75) is 33.3 Å². The summed E-state index contributed by atoms with van der Waals surface area (Å²) in [6, 6.07) is 15.2. The van der Waals surface area contributed by atoms with Gasteiger partial charge in [-0.25, -0.2) is 4.79 Å². The third kappa shape index (κ3) is 4.84. The summed E-state index contributed by atoms with van der Waals surface area (Å²) in [5.41, 5.74) is 3.07. The van der Waals surface area contributed by atoms with E-state index in [1.54, 1.807) is 50.2 Å². The minimum Gasteiger partial charge on any atom is -0.459 e. The van der Waals surface area contributed by atoms with Gasteiger partial charge in [-0.1, -0.05) is 37.3 Å². The molecule has 3 rings (SSSR count). The Morgan fingerprint density at radius 2 is 1.73 bits per heavy atom. The second-order valence-corrected chi connectivity index (χ2v) is 6.92. The third-order valence-corrected chi connectivity index (χ3v) is 4.77. The predicted octanol–water partition coefficient (Wildman–Crippen LogP) is 4.83. The highest BCUT2D eigenvalue weighted by molar-refractivity contribution is 6.04. The van der Waals surface area contributed by atoms with Gasteiger partial charge in [0, 0.05) is 11.3 Å². The molecule has 6 nitrogen and oxygen atoms in total. The topological polar surface area (TPSA) is 85.6 Å². The zero-order chi connectivity index (χ0) is 21.7. The molecule has 154 valence electrons. The van der Waals surface area contributed by atoms with Gasteiger partial charge in [0.15, 0.2) is 11.9 Å². The summed E-state index contributed by atoms with van der Waals surface area (Å²) in [7, 11) is 0. The van der Waals surface area contributed by atoms with E-state index in [9.17, 15) is 14.4 Å². The number of esters is 1. The molecule has 0 saturated carbocycles. The molecule has 0 aliphatic carbocycles. The predicted molar refractivity (Wildman–Crippen MR) is 113 cm³/mol. The molecule has 1 unspecified atom stereocenters. The first-order valence-corrected chi connectivity index (χ1v) is 9.68. The van der Waals surface area contributed by atoms with E-state index in [1.807, 2.05) is 19.1 Å². The molecule has 6 heteroatoms. The van der Waals surface area contributed by atoms with Gasteiger partial charge in [-0.2, -0.15) is 0 Å². The Morgan fingerprint density at radius 1 is 1.03 bits per heavy atom. The Balaban J connectivity index is 1.69. The van der Waals surface area contributed by atoms with Crippen LogP contribution >= 0.6 is 0 Å². The molecule has 2 aromatic carbocycles. The van der Waals surface area contributed by atoms with E-state index in [2.05, 4.69) is 5.32 Å². The molecule has 1 atom stereocenters. The molecule has 0 fully saturated rings. The van der Waals surface area contributed by atoms with Gasteiger partial charge < -0.3 is 14.5 Å². The summed E-state index contributed by atoms with van der Waals surface area (Å²) >= 11 is 0. The van der Waals surface area contributed by atoms with Crippen LogP contribution in [0, 0.1) is 6.92 Å². The maximum absolute atomic E-state index is 12.6. The van der Waals surface area contributed by atoms with Crippen molar-refractivity contribution in [3.05, 3.63) is 88.9 Å². The summed E-state index contributed by atoms with van der Waals surface area (Å²) in [4.78, 5) is 37.3. The van der Waals surface area contributed by atoms with Gasteiger partial charge >= 0.3 is 5.97 Å². The third-order valence-electron chi connectivity index (χ3n) is 4.77. The summed E-state index contributed by atoms with van der Waals surface area (Å²) in [5.74, 6) is -1.18. The molecule has 0 radical (unpaired) electrons. The summed E-state index contributed by atoms with van der Waals surface area (Å²) in [6.07, 6.45) is 1.35. The first kappa shape index (κ1) is 21.0. The maximum Gasteiger partial charge on any atom is 0.338 e. The molecule has 1 aromatic heterocycles. The summed E-state index contributed by atoms with van der Waals surface area (Å²) in [6.45, 7) is 5.38. The number of hydrogen-bond acceptors (Lipinski definition) is 5. The Labute approximate surface area is 174 Å². The summed E-state index contributed by atoms with van der Waals surface area (Å²) in [5, 5.41) is 2.71. The first-order chi connectivity index (χ1) is 14.4. The average molecular weight is 405 g/mol. The van der Waals surface area contributed by atoms with Crippen LogP contribution < -0.4 is 5.32 Å². The Hall–Kier alpha value is -3.67. The van der Waals surface area contributed by atoms with E-state index >= 15 is 0 Å². The summed E-state index contributed by atoms with van der Waals surface area (Å²) < 4.78 is 10.4. The number of benzene rings is 2. The lowest BCUT2D eigenvalue weighted by Crippen LogP contribution is -2.24. The fourth-order valence-electron chi connectivity index (χ4n) is 2.90. The minimum atomic E-state index is -0.938. The number of furan rings is 1. The van der Waals surface area contributed by atoms with Crippen LogP contribution in [-0.4, -0.2) is 23.8 Å². The zero-order valence-electron chi connectivity index (χ0n) is 17.1. The van der Waals surface area contributed by atoms with Crippen molar-refractivity contribution in [3.8, 4) is 0 Å². The van der Waals surface area contributed by atoms with Crippen LogP contribution in [0.25, 0.3) is 0 Å². The van der Waals surface area contributed by atoms with E-state index in [1.165, 1.54) is 12.3 Å². The van der Waals surface area contributed by atoms with E-state index in [0.29, 0.717) is 11.3 Å². The van der Waals surface area contributed by atoms with Crippen molar-refractivity contribution >= 4 is 23.3 Å². The quantitative estimate of drug-likeness (QED) is 0.449. The molecule has 0 saturated heterocycles. The number of nitrogens with one attached hydrogen (secondary N) is 1. The van der Waals surface area contributed by atoms with Gasteiger partial charge in [-0.15, -0.1) is 0 Å². The molecular formula is C24H23NO5. The minimum absolute atomic E-state index is 0.163. The Morgan fingerprint density at radius 3 is 2.37 bits per heavy atom. The fraction of sp³-hybridized carbons (Fsp3) is 0.208. The molecule has 1 N–H and O–H groups in total. The van der Waals surface area contributed by atoms with Crippen LogP contribution in [0.5, 0.6) is 0 Å². The normalized spacial score (nSPS) is 11.6. The standard InChI is InChI=1S/C24H23NO5/c1-4-17-8-11-18(12-9-17)22(26)16(3)30-24(28)19-10-7-15(2)20(14-19)25-23(27)21-6-5-13-29-21/h5-14,16H,4H2,1-3H3,(H,25,27). The van der Waals surface area contributed by atoms with E-state index in [4.69, 9.17) is 9.15 Å². The lowest BCUT2D eigenvalue weighted by Gasteiger charge is -2.14. The highest BCUT2D eigenvalue weighted by Crippen LogP contribution is 2.20. The van der Waals surface area contributed by atoms with Gasteiger partial charge in [0.05, 0.1) is 11.8 Å². The van der Waals surface area contributed by atoms with E-state index < -0.39 is 18.0 Å². The SMILES string of the molecule is CCc1ccc(C(=O)C(C)OC(=O)c2ccc(C)c(NC(=O)c3ccco3)c2)cc1. The largest absolute Gasteiger partial charge is 0.459 e. The number of amides is 1. The lowest BCUT2D eigenvalue weighted by atomic mass is 10.0.